The van der Waals surface area contributed by atoms with E-state index in [2.05, 4.69) is 5.32 Å². The molecular formula is C17H27N3O5. The van der Waals surface area contributed by atoms with Crippen LogP contribution in [0.15, 0.2) is 0 Å². The summed E-state index contributed by atoms with van der Waals surface area (Å²) in [5.74, 6) is -0.212. The van der Waals surface area contributed by atoms with Crippen molar-refractivity contribution in [3.63, 3.8) is 0 Å². The van der Waals surface area contributed by atoms with Gasteiger partial charge in [-0.25, -0.2) is 4.79 Å². The summed E-state index contributed by atoms with van der Waals surface area (Å²) >= 11 is 0. The second kappa shape index (κ2) is 7.59. The van der Waals surface area contributed by atoms with Crippen LogP contribution in [0.4, 0.5) is 4.79 Å². The number of piperidine rings is 1. The molecule has 0 aromatic carbocycles. The van der Waals surface area contributed by atoms with Gasteiger partial charge in [0.15, 0.2) is 0 Å². The lowest BCUT2D eigenvalue weighted by Crippen LogP contribution is -2.52. The van der Waals surface area contributed by atoms with E-state index in [0.29, 0.717) is 71.7 Å². The van der Waals surface area contributed by atoms with Crippen LogP contribution in [0.1, 0.15) is 32.6 Å². The molecule has 1 aliphatic carbocycles. The summed E-state index contributed by atoms with van der Waals surface area (Å²) in [7, 11) is 0. The number of nitrogens with zero attached hydrogens (tertiary/aromatic N) is 2. The fourth-order valence-corrected chi connectivity index (χ4v) is 3.48. The molecule has 0 unspecified atom stereocenters. The molecule has 1 saturated carbocycles. The van der Waals surface area contributed by atoms with E-state index in [4.69, 9.17) is 9.47 Å². The molecule has 140 valence electrons. The molecule has 0 aromatic rings. The Kier molecular flexibility index (Phi) is 5.46. The second-order valence-corrected chi connectivity index (χ2v) is 6.92. The van der Waals surface area contributed by atoms with E-state index in [-0.39, 0.29) is 23.9 Å². The van der Waals surface area contributed by atoms with Crippen molar-refractivity contribution in [1.82, 2.24) is 15.1 Å². The number of morpholine rings is 1. The first-order valence-corrected chi connectivity index (χ1v) is 9.16. The first-order valence-electron chi connectivity index (χ1n) is 9.16. The molecule has 3 amide bonds. The zero-order valence-corrected chi connectivity index (χ0v) is 14.8. The van der Waals surface area contributed by atoms with Gasteiger partial charge in [-0.2, -0.15) is 0 Å². The molecule has 0 spiro atoms. The second-order valence-electron chi connectivity index (χ2n) is 6.92. The van der Waals surface area contributed by atoms with Crippen LogP contribution >= 0.6 is 0 Å². The van der Waals surface area contributed by atoms with Gasteiger partial charge in [0.05, 0.1) is 19.8 Å². The maximum Gasteiger partial charge on any atom is 0.409 e. The molecule has 2 aliphatic heterocycles. The van der Waals surface area contributed by atoms with Gasteiger partial charge in [0, 0.05) is 32.2 Å². The number of nitrogens with one attached hydrogen (secondary N) is 1. The number of carbonyl (C=O) groups is 3. The van der Waals surface area contributed by atoms with E-state index >= 15 is 0 Å². The van der Waals surface area contributed by atoms with Crippen LogP contribution in [0.5, 0.6) is 0 Å². The number of hydrogen-bond acceptors (Lipinski definition) is 5. The molecule has 8 nitrogen and oxygen atoms in total. The average Bonchev–Trinajstić information content (AvgIpc) is 3.44. The molecule has 3 aliphatic rings. The summed E-state index contributed by atoms with van der Waals surface area (Å²) in [5.41, 5.74) is -0.865. The minimum absolute atomic E-state index is 0.00754. The van der Waals surface area contributed by atoms with E-state index in [9.17, 15) is 14.4 Å². The predicted molar refractivity (Wildman–Crippen MR) is 88.8 cm³/mol. The Hall–Kier alpha value is -1.83. The number of likely N-dealkylation sites (tertiary alicyclic amines) is 1. The van der Waals surface area contributed by atoms with Crippen molar-refractivity contribution in [1.29, 1.82) is 0 Å². The first-order chi connectivity index (χ1) is 12.1. The van der Waals surface area contributed by atoms with Crippen LogP contribution < -0.4 is 5.32 Å². The lowest BCUT2D eigenvalue weighted by molar-refractivity contribution is -0.147. The number of rotatable bonds is 4. The average molecular weight is 353 g/mol. The van der Waals surface area contributed by atoms with Crippen molar-refractivity contribution in [3.8, 4) is 0 Å². The third-order valence-corrected chi connectivity index (χ3v) is 5.25. The van der Waals surface area contributed by atoms with Crippen LogP contribution in [-0.2, 0) is 19.1 Å². The van der Waals surface area contributed by atoms with Crippen molar-refractivity contribution in [2.45, 2.75) is 38.6 Å². The highest BCUT2D eigenvalue weighted by Crippen LogP contribution is 2.47. The van der Waals surface area contributed by atoms with E-state index in [1.54, 1.807) is 16.7 Å². The topological polar surface area (TPSA) is 88.2 Å². The minimum atomic E-state index is -0.865. The number of hydrogen-bond donors (Lipinski definition) is 1. The molecule has 3 fully saturated rings. The zero-order chi connectivity index (χ0) is 17.9. The highest BCUT2D eigenvalue weighted by atomic mass is 16.6. The molecule has 8 heteroatoms. The van der Waals surface area contributed by atoms with Gasteiger partial charge in [-0.15, -0.1) is 0 Å². The Balaban J connectivity index is 1.49. The fraction of sp³-hybridized carbons (Fsp3) is 0.824. The third kappa shape index (κ3) is 3.89. The van der Waals surface area contributed by atoms with Crippen molar-refractivity contribution >= 4 is 17.9 Å². The molecule has 0 bridgehead atoms. The molecule has 3 rings (SSSR count). The lowest BCUT2D eigenvalue weighted by atomic mass is 10.00. The van der Waals surface area contributed by atoms with Crippen LogP contribution in [0, 0.1) is 5.41 Å². The third-order valence-electron chi connectivity index (χ3n) is 5.25. The van der Waals surface area contributed by atoms with Crippen LogP contribution in [0.3, 0.4) is 0 Å². The Morgan fingerprint density at radius 3 is 2.28 bits per heavy atom. The summed E-state index contributed by atoms with van der Waals surface area (Å²) in [6.45, 7) is 5.47. The van der Waals surface area contributed by atoms with Gasteiger partial charge >= 0.3 is 6.09 Å². The molecule has 0 atom stereocenters. The van der Waals surface area contributed by atoms with Crippen LogP contribution in [-0.4, -0.2) is 79.7 Å². The van der Waals surface area contributed by atoms with Gasteiger partial charge in [0.2, 0.25) is 11.8 Å². The van der Waals surface area contributed by atoms with E-state index in [1.165, 1.54) is 0 Å². The molecule has 2 saturated heterocycles. The summed E-state index contributed by atoms with van der Waals surface area (Å²) in [4.78, 5) is 40.6. The number of carbonyl (C=O) groups excluding carboxylic acids is 3. The summed E-state index contributed by atoms with van der Waals surface area (Å²) < 4.78 is 10.3. The molecule has 2 heterocycles. The zero-order valence-electron chi connectivity index (χ0n) is 14.8. The standard InChI is InChI=1S/C17H27N3O5/c1-2-25-16(23)20-7-3-13(4-8-20)18-14(21)17(5-6-17)15(22)19-9-11-24-12-10-19/h13H,2-12H2,1H3,(H,18,21). The van der Waals surface area contributed by atoms with Gasteiger partial charge in [-0.1, -0.05) is 0 Å². The van der Waals surface area contributed by atoms with Gasteiger partial charge in [0.1, 0.15) is 5.41 Å². The predicted octanol–water partition coefficient (Wildman–Crippen LogP) is 0.363. The highest BCUT2D eigenvalue weighted by Gasteiger charge is 2.58. The highest BCUT2D eigenvalue weighted by molar-refractivity contribution is 6.08. The number of amides is 3. The Labute approximate surface area is 147 Å². The smallest absolute Gasteiger partial charge is 0.409 e. The maximum absolute atomic E-state index is 12.7. The van der Waals surface area contributed by atoms with Crippen molar-refractivity contribution in [3.05, 3.63) is 0 Å². The Morgan fingerprint density at radius 1 is 1.08 bits per heavy atom. The van der Waals surface area contributed by atoms with Crippen LogP contribution in [0.25, 0.3) is 0 Å². The van der Waals surface area contributed by atoms with Crippen molar-refractivity contribution in [2.75, 3.05) is 46.0 Å². The Morgan fingerprint density at radius 2 is 1.72 bits per heavy atom. The number of ether oxygens (including phenoxy) is 2. The van der Waals surface area contributed by atoms with Gasteiger partial charge in [-0.05, 0) is 32.6 Å². The van der Waals surface area contributed by atoms with E-state index in [1.807, 2.05) is 0 Å². The van der Waals surface area contributed by atoms with Crippen LogP contribution in [0.2, 0.25) is 0 Å². The lowest BCUT2D eigenvalue weighted by Gasteiger charge is -2.33. The monoisotopic (exact) mass is 353 g/mol. The summed E-state index contributed by atoms with van der Waals surface area (Å²) in [6, 6.07) is 0.00754. The van der Waals surface area contributed by atoms with Gasteiger partial charge < -0.3 is 24.6 Å². The summed E-state index contributed by atoms with van der Waals surface area (Å²) in [5, 5.41) is 3.04. The van der Waals surface area contributed by atoms with Crippen molar-refractivity contribution < 1.29 is 23.9 Å². The molecule has 0 radical (unpaired) electrons. The summed E-state index contributed by atoms with van der Waals surface area (Å²) in [6.07, 6.45) is 2.32. The SMILES string of the molecule is CCOC(=O)N1CCC(NC(=O)C2(C(=O)N3CCOCC3)CC2)CC1. The molecule has 0 aromatic heterocycles. The quantitative estimate of drug-likeness (QED) is 0.738. The van der Waals surface area contributed by atoms with E-state index < -0.39 is 5.41 Å². The molecule has 1 N–H and O–H groups in total. The molecular weight excluding hydrogens is 326 g/mol. The Bertz CT molecular complexity index is 520. The van der Waals surface area contributed by atoms with E-state index in [0.717, 1.165) is 0 Å². The minimum Gasteiger partial charge on any atom is -0.450 e. The van der Waals surface area contributed by atoms with Gasteiger partial charge in [0.25, 0.3) is 0 Å². The van der Waals surface area contributed by atoms with Crippen molar-refractivity contribution in [2.24, 2.45) is 5.41 Å². The normalized spacial score (nSPS) is 23.1. The largest absolute Gasteiger partial charge is 0.450 e. The fourth-order valence-electron chi connectivity index (χ4n) is 3.48. The van der Waals surface area contributed by atoms with Gasteiger partial charge in [-0.3, -0.25) is 9.59 Å². The molecule has 25 heavy (non-hydrogen) atoms. The first kappa shape index (κ1) is 18.0. The maximum atomic E-state index is 12.7.